The third-order valence-corrected chi connectivity index (χ3v) is 2.01. The summed E-state index contributed by atoms with van der Waals surface area (Å²) < 4.78 is 5.36. The minimum atomic E-state index is -0.145. The van der Waals surface area contributed by atoms with E-state index in [0.717, 1.165) is 0 Å². The Morgan fingerprint density at radius 3 is 2.65 bits per heavy atom. The summed E-state index contributed by atoms with van der Waals surface area (Å²) >= 11 is 5.75. The van der Waals surface area contributed by atoms with Crippen molar-refractivity contribution in [1.29, 1.82) is 5.41 Å². The van der Waals surface area contributed by atoms with E-state index in [1.807, 2.05) is 0 Å². The van der Waals surface area contributed by atoms with Crippen molar-refractivity contribution in [2.24, 2.45) is 5.73 Å². The smallest absolute Gasteiger partial charge is 0.237 e. The number of nitrogens with zero attached hydrogens (tertiary/aromatic N) is 3. The lowest BCUT2D eigenvalue weighted by atomic mass is 10.4. The van der Waals surface area contributed by atoms with E-state index in [4.69, 9.17) is 27.5 Å². The first-order chi connectivity index (χ1) is 8.15. The second-order valence-corrected chi connectivity index (χ2v) is 3.53. The van der Waals surface area contributed by atoms with Gasteiger partial charge in [0.1, 0.15) is 17.3 Å². The number of nitrogen functional groups attached to an aromatic ring is 1. The summed E-state index contributed by atoms with van der Waals surface area (Å²) in [5, 5.41) is 7.63. The van der Waals surface area contributed by atoms with Crippen LogP contribution in [-0.2, 0) is 0 Å². The molecule has 3 N–H and O–H groups in total. The van der Waals surface area contributed by atoms with Crippen molar-refractivity contribution in [2.75, 3.05) is 0 Å². The van der Waals surface area contributed by atoms with Crippen molar-refractivity contribution in [3.8, 4) is 11.6 Å². The van der Waals surface area contributed by atoms with E-state index in [2.05, 4.69) is 15.0 Å². The minimum absolute atomic E-state index is 0.145. The molecule has 86 valence electrons. The zero-order valence-electron chi connectivity index (χ0n) is 8.59. The Hall–Kier alpha value is -2.21. The van der Waals surface area contributed by atoms with Crippen molar-refractivity contribution in [2.45, 2.75) is 0 Å². The molecule has 0 saturated heterocycles. The monoisotopic (exact) mass is 249 g/mol. The van der Waals surface area contributed by atoms with E-state index in [0.29, 0.717) is 16.5 Å². The Kier molecular flexibility index (Phi) is 3.15. The Labute approximate surface area is 102 Å². The van der Waals surface area contributed by atoms with Gasteiger partial charge in [-0.15, -0.1) is 0 Å². The SMILES string of the molecule is N=C(N)c1cnc(Oc2cncc(Cl)c2)cn1. The van der Waals surface area contributed by atoms with Gasteiger partial charge >= 0.3 is 0 Å². The fraction of sp³-hybridized carbons (Fsp3) is 0. The summed E-state index contributed by atoms with van der Waals surface area (Å²) in [7, 11) is 0. The van der Waals surface area contributed by atoms with Crippen LogP contribution in [0.15, 0.2) is 30.9 Å². The van der Waals surface area contributed by atoms with Crippen molar-refractivity contribution >= 4 is 17.4 Å². The van der Waals surface area contributed by atoms with Gasteiger partial charge in [0.15, 0.2) is 0 Å². The number of pyridine rings is 1. The molecular weight excluding hydrogens is 242 g/mol. The number of hydrogen-bond donors (Lipinski definition) is 2. The van der Waals surface area contributed by atoms with E-state index < -0.39 is 0 Å². The van der Waals surface area contributed by atoms with Crippen LogP contribution in [-0.4, -0.2) is 20.8 Å². The highest BCUT2D eigenvalue weighted by atomic mass is 35.5. The van der Waals surface area contributed by atoms with E-state index in [9.17, 15) is 0 Å². The van der Waals surface area contributed by atoms with Gasteiger partial charge in [-0.25, -0.2) is 9.97 Å². The third-order valence-electron chi connectivity index (χ3n) is 1.81. The average molecular weight is 250 g/mol. The van der Waals surface area contributed by atoms with E-state index in [1.165, 1.54) is 24.8 Å². The summed E-state index contributed by atoms with van der Waals surface area (Å²) in [6, 6.07) is 1.61. The van der Waals surface area contributed by atoms with Crippen LogP contribution < -0.4 is 10.5 Å². The van der Waals surface area contributed by atoms with Crippen molar-refractivity contribution < 1.29 is 4.74 Å². The van der Waals surface area contributed by atoms with Crippen LogP contribution >= 0.6 is 11.6 Å². The zero-order valence-corrected chi connectivity index (χ0v) is 9.35. The number of aromatic nitrogens is 3. The van der Waals surface area contributed by atoms with E-state index in [1.54, 1.807) is 6.07 Å². The fourth-order valence-corrected chi connectivity index (χ4v) is 1.24. The van der Waals surface area contributed by atoms with Crippen LogP contribution in [0.3, 0.4) is 0 Å². The molecule has 17 heavy (non-hydrogen) atoms. The number of hydrogen-bond acceptors (Lipinski definition) is 5. The molecule has 2 rings (SSSR count). The fourth-order valence-electron chi connectivity index (χ4n) is 1.08. The van der Waals surface area contributed by atoms with Crippen molar-refractivity contribution in [3.05, 3.63) is 41.6 Å². The molecule has 0 radical (unpaired) electrons. The van der Waals surface area contributed by atoms with Gasteiger partial charge in [-0.05, 0) is 0 Å². The van der Waals surface area contributed by atoms with Gasteiger partial charge in [0.2, 0.25) is 5.88 Å². The maximum atomic E-state index is 7.16. The first-order valence-electron chi connectivity index (χ1n) is 4.60. The molecule has 0 fully saturated rings. The maximum absolute atomic E-state index is 7.16. The molecule has 7 heteroatoms. The van der Waals surface area contributed by atoms with Gasteiger partial charge in [-0.3, -0.25) is 10.4 Å². The largest absolute Gasteiger partial charge is 0.436 e. The highest BCUT2D eigenvalue weighted by molar-refractivity contribution is 6.30. The highest BCUT2D eigenvalue weighted by Crippen LogP contribution is 2.20. The van der Waals surface area contributed by atoms with Gasteiger partial charge < -0.3 is 10.5 Å². The second kappa shape index (κ2) is 4.75. The molecule has 0 aliphatic rings. The lowest BCUT2D eigenvalue weighted by Crippen LogP contribution is -2.13. The predicted octanol–water partition coefficient (Wildman–Crippen LogP) is 1.60. The summed E-state index contributed by atoms with van der Waals surface area (Å²) in [6.45, 7) is 0. The van der Waals surface area contributed by atoms with Gasteiger partial charge in [0.05, 0.1) is 23.6 Å². The van der Waals surface area contributed by atoms with Crippen molar-refractivity contribution in [1.82, 2.24) is 15.0 Å². The third kappa shape index (κ3) is 2.88. The molecule has 0 unspecified atom stereocenters. The highest BCUT2D eigenvalue weighted by Gasteiger charge is 2.03. The summed E-state index contributed by atoms with van der Waals surface area (Å²) in [5.41, 5.74) is 5.54. The molecule has 0 aliphatic carbocycles. The van der Waals surface area contributed by atoms with Crippen LogP contribution in [0.25, 0.3) is 0 Å². The van der Waals surface area contributed by atoms with E-state index in [-0.39, 0.29) is 11.7 Å². The molecular formula is C10H8ClN5O. The second-order valence-electron chi connectivity index (χ2n) is 3.09. The van der Waals surface area contributed by atoms with Gasteiger partial charge in [0.25, 0.3) is 0 Å². The van der Waals surface area contributed by atoms with Crippen molar-refractivity contribution in [3.63, 3.8) is 0 Å². The summed E-state index contributed by atoms with van der Waals surface area (Å²) in [5.74, 6) is 0.593. The Balaban J connectivity index is 2.16. The van der Waals surface area contributed by atoms with Gasteiger partial charge in [-0.2, -0.15) is 0 Å². The molecule has 0 saturated carbocycles. The maximum Gasteiger partial charge on any atom is 0.237 e. The standard InChI is InChI=1S/C10H8ClN5O/c11-6-1-7(3-14-2-6)17-9-5-15-8(4-16-9)10(12)13/h1-5H,(H3,12,13). The van der Waals surface area contributed by atoms with E-state index >= 15 is 0 Å². The zero-order chi connectivity index (χ0) is 12.3. The number of ether oxygens (including phenoxy) is 1. The van der Waals surface area contributed by atoms with Crippen LogP contribution in [0.2, 0.25) is 5.02 Å². The van der Waals surface area contributed by atoms with Crippen LogP contribution in [0, 0.1) is 5.41 Å². The molecule has 2 aromatic heterocycles. The normalized spacial score (nSPS) is 9.94. The molecule has 6 nitrogen and oxygen atoms in total. The van der Waals surface area contributed by atoms with Gasteiger partial charge in [-0.1, -0.05) is 11.6 Å². The minimum Gasteiger partial charge on any atom is -0.436 e. The Morgan fingerprint density at radius 2 is 2.06 bits per heavy atom. The molecule has 0 spiro atoms. The quantitative estimate of drug-likeness (QED) is 0.636. The first-order valence-corrected chi connectivity index (χ1v) is 4.98. The molecule has 0 atom stereocenters. The lowest BCUT2D eigenvalue weighted by molar-refractivity contribution is 0.458. The number of nitrogens with two attached hydrogens (primary N) is 1. The molecule has 0 aliphatic heterocycles. The van der Waals surface area contributed by atoms with Crippen LogP contribution in [0.4, 0.5) is 0 Å². The Bertz CT molecular complexity index is 543. The number of nitrogens with one attached hydrogen (secondary N) is 1. The number of halogens is 1. The van der Waals surface area contributed by atoms with Crippen LogP contribution in [0.1, 0.15) is 5.69 Å². The van der Waals surface area contributed by atoms with Gasteiger partial charge in [0, 0.05) is 12.3 Å². The average Bonchev–Trinajstić information content (AvgIpc) is 2.29. The molecule has 0 bridgehead atoms. The lowest BCUT2D eigenvalue weighted by Gasteiger charge is -2.04. The number of amidine groups is 1. The molecule has 2 heterocycles. The first kappa shape index (κ1) is 11.3. The topological polar surface area (TPSA) is 97.8 Å². The van der Waals surface area contributed by atoms with Crippen LogP contribution in [0.5, 0.6) is 11.6 Å². The number of rotatable bonds is 3. The molecule has 0 amide bonds. The summed E-state index contributed by atoms with van der Waals surface area (Å²) in [6.07, 6.45) is 5.73. The molecule has 2 aromatic rings. The molecule has 0 aromatic carbocycles. The predicted molar refractivity (Wildman–Crippen MR) is 62.4 cm³/mol. The summed E-state index contributed by atoms with van der Waals surface area (Å²) in [4.78, 5) is 11.7. The Morgan fingerprint density at radius 1 is 1.24 bits per heavy atom.